The zero-order chi connectivity index (χ0) is 14.8. The van der Waals surface area contributed by atoms with Gasteiger partial charge in [-0.3, -0.25) is 0 Å². The van der Waals surface area contributed by atoms with Gasteiger partial charge in [0.15, 0.2) is 11.5 Å². The van der Waals surface area contributed by atoms with Crippen molar-refractivity contribution in [3.8, 4) is 11.5 Å². The number of aliphatic hydroxyl groups excluding tert-OH is 1. The van der Waals surface area contributed by atoms with E-state index in [2.05, 4.69) is 5.32 Å². The topological polar surface area (TPSA) is 60.0 Å². The molecule has 5 nitrogen and oxygen atoms in total. The van der Waals surface area contributed by atoms with Crippen LogP contribution in [-0.4, -0.2) is 44.7 Å². The molecule has 0 aliphatic carbocycles. The Bertz CT molecular complexity index is 384. The fourth-order valence-electron chi connectivity index (χ4n) is 1.77. The van der Waals surface area contributed by atoms with E-state index in [4.69, 9.17) is 14.2 Å². The highest BCUT2D eigenvalue weighted by Gasteiger charge is 2.13. The number of ether oxygens (including phenoxy) is 3. The van der Waals surface area contributed by atoms with Gasteiger partial charge in [0, 0.05) is 18.7 Å². The Labute approximate surface area is 120 Å². The lowest BCUT2D eigenvalue weighted by atomic mass is 10.2. The minimum Gasteiger partial charge on any atom is -0.493 e. The smallest absolute Gasteiger partial charge is 0.165 e. The Balaban J connectivity index is 2.69. The maximum absolute atomic E-state index is 9.77. The van der Waals surface area contributed by atoms with E-state index in [0.717, 1.165) is 12.1 Å². The van der Waals surface area contributed by atoms with E-state index < -0.39 is 6.10 Å². The highest BCUT2D eigenvalue weighted by Crippen LogP contribution is 2.31. The molecule has 1 rings (SSSR count). The number of methoxy groups -OCH3 is 1. The van der Waals surface area contributed by atoms with E-state index in [-0.39, 0.29) is 13.2 Å². The van der Waals surface area contributed by atoms with Crippen LogP contribution in [0.5, 0.6) is 11.5 Å². The van der Waals surface area contributed by atoms with Crippen molar-refractivity contribution in [3.05, 3.63) is 23.8 Å². The normalized spacial score (nSPS) is 12.2. The van der Waals surface area contributed by atoms with E-state index in [1.54, 1.807) is 7.11 Å². The van der Waals surface area contributed by atoms with E-state index in [1.165, 1.54) is 0 Å². The zero-order valence-corrected chi connectivity index (χ0v) is 12.5. The number of para-hydroxylation sites is 1. The standard InChI is InChI=1S/C15H25NO4/c1-4-16-9-12-7-6-8-14(18-3)15(12)20-11-13(17)10-19-5-2/h6-8,13,16-17H,4-5,9-11H2,1-3H3. The molecule has 0 spiro atoms. The number of rotatable bonds is 10. The van der Waals surface area contributed by atoms with E-state index in [9.17, 15) is 5.11 Å². The summed E-state index contributed by atoms with van der Waals surface area (Å²) in [4.78, 5) is 0. The molecule has 0 amide bonds. The highest BCUT2D eigenvalue weighted by molar-refractivity contribution is 5.46. The van der Waals surface area contributed by atoms with Crippen LogP contribution in [0.2, 0.25) is 0 Å². The third-order valence-corrected chi connectivity index (χ3v) is 2.78. The van der Waals surface area contributed by atoms with Crippen LogP contribution in [0.3, 0.4) is 0 Å². The summed E-state index contributed by atoms with van der Waals surface area (Å²) >= 11 is 0. The Hall–Kier alpha value is -1.30. The molecule has 0 aromatic heterocycles. The van der Waals surface area contributed by atoms with E-state index >= 15 is 0 Å². The second-order valence-corrected chi connectivity index (χ2v) is 4.35. The number of aliphatic hydroxyl groups is 1. The van der Waals surface area contributed by atoms with Crippen LogP contribution in [0.1, 0.15) is 19.4 Å². The summed E-state index contributed by atoms with van der Waals surface area (Å²) in [7, 11) is 1.61. The molecule has 0 radical (unpaired) electrons. The molecule has 0 bridgehead atoms. The largest absolute Gasteiger partial charge is 0.493 e. The quantitative estimate of drug-likeness (QED) is 0.683. The first-order valence-corrected chi connectivity index (χ1v) is 6.98. The summed E-state index contributed by atoms with van der Waals surface area (Å²) in [5.74, 6) is 1.34. The van der Waals surface area contributed by atoms with E-state index in [0.29, 0.717) is 24.7 Å². The molecule has 0 aliphatic rings. The van der Waals surface area contributed by atoms with Gasteiger partial charge < -0.3 is 24.6 Å². The Morgan fingerprint density at radius 3 is 2.70 bits per heavy atom. The van der Waals surface area contributed by atoms with Crippen molar-refractivity contribution in [1.82, 2.24) is 5.32 Å². The molecular formula is C15H25NO4. The molecule has 0 saturated heterocycles. The summed E-state index contributed by atoms with van der Waals surface area (Å²) in [6, 6.07) is 5.75. The Kier molecular flexibility index (Phi) is 8.02. The minimum absolute atomic E-state index is 0.180. The summed E-state index contributed by atoms with van der Waals surface area (Å²) in [5.41, 5.74) is 1.01. The van der Waals surface area contributed by atoms with Crippen molar-refractivity contribution in [3.63, 3.8) is 0 Å². The van der Waals surface area contributed by atoms with Gasteiger partial charge in [-0.1, -0.05) is 19.1 Å². The molecule has 0 aliphatic heterocycles. The average molecular weight is 283 g/mol. The third-order valence-electron chi connectivity index (χ3n) is 2.78. The van der Waals surface area contributed by atoms with Crippen LogP contribution in [0.25, 0.3) is 0 Å². The number of hydrogen-bond acceptors (Lipinski definition) is 5. The first-order valence-electron chi connectivity index (χ1n) is 6.98. The van der Waals surface area contributed by atoms with Crippen LogP contribution in [0, 0.1) is 0 Å². The fourth-order valence-corrected chi connectivity index (χ4v) is 1.77. The molecule has 20 heavy (non-hydrogen) atoms. The van der Waals surface area contributed by atoms with Crippen LogP contribution in [-0.2, 0) is 11.3 Å². The van der Waals surface area contributed by atoms with Crippen molar-refractivity contribution in [1.29, 1.82) is 0 Å². The van der Waals surface area contributed by atoms with Crippen molar-refractivity contribution in [2.24, 2.45) is 0 Å². The number of benzene rings is 1. The van der Waals surface area contributed by atoms with Crippen molar-refractivity contribution >= 4 is 0 Å². The van der Waals surface area contributed by atoms with Gasteiger partial charge in [0.05, 0.1) is 13.7 Å². The molecule has 0 heterocycles. The molecule has 2 N–H and O–H groups in total. The maximum Gasteiger partial charge on any atom is 0.165 e. The molecule has 1 aromatic carbocycles. The van der Waals surface area contributed by atoms with Crippen molar-refractivity contribution < 1.29 is 19.3 Å². The van der Waals surface area contributed by atoms with Crippen LogP contribution in [0.4, 0.5) is 0 Å². The lowest BCUT2D eigenvalue weighted by Gasteiger charge is -2.17. The van der Waals surface area contributed by atoms with Crippen LogP contribution in [0.15, 0.2) is 18.2 Å². The Morgan fingerprint density at radius 1 is 1.25 bits per heavy atom. The van der Waals surface area contributed by atoms with Gasteiger partial charge in [-0.05, 0) is 19.5 Å². The van der Waals surface area contributed by atoms with Gasteiger partial charge in [0.2, 0.25) is 0 Å². The fraction of sp³-hybridized carbons (Fsp3) is 0.600. The van der Waals surface area contributed by atoms with E-state index in [1.807, 2.05) is 32.0 Å². The molecule has 5 heteroatoms. The second-order valence-electron chi connectivity index (χ2n) is 4.35. The predicted octanol–water partition coefficient (Wildman–Crippen LogP) is 1.58. The predicted molar refractivity (Wildman–Crippen MR) is 78.4 cm³/mol. The number of hydrogen-bond donors (Lipinski definition) is 2. The summed E-state index contributed by atoms with van der Waals surface area (Å²) in [6.45, 7) is 6.55. The molecule has 1 aromatic rings. The number of nitrogens with one attached hydrogen (secondary N) is 1. The van der Waals surface area contributed by atoms with Crippen LogP contribution < -0.4 is 14.8 Å². The monoisotopic (exact) mass is 283 g/mol. The zero-order valence-electron chi connectivity index (χ0n) is 12.5. The molecule has 0 fully saturated rings. The summed E-state index contributed by atoms with van der Waals surface area (Å²) < 4.78 is 16.2. The summed E-state index contributed by atoms with van der Waals surface area (Å²) in [6.07, 6.45) is -0.646. The lowest BCUT2D eigenvalue weighted by molar-refractivity contribution is 0.0157. The highest BCUT2D eigenvalue weighted by atomic mass is 16.5. The van der Waals surface area contributed by atoms with Gasteiger partial charge in [-0.25, -0.2) is 0 Å². The van der Waals surface area contributed by atoms with Crippen LogP contribution >= 0.6 is 0 Å². The first-order chi connectivity index (χ1) is 9.72. The average Bonchev–Trinajstić information content (AvgIpc) is 2.48. The summed E-state index contributed by atoms with van der Waals surface area (Å²) in [5, 5.41) is 13.0. The molecule has 1 atom stereocenters. The van der Waals surface area contributed by atoms with Gasteiger partial charge in [0.1, 0.15) is 12.7 Å². The first kappa shape index (κ1) is 16.8. The van der Waals surface area contributed by atoms with Gasteiger partial charge in [-0.15, -0.1) is 0 Å². The molecule has 1 unspecified atom stereocenters. The Morgan fingerprint density at radius 2 is 2.05 bits per heavy atom. The molecule has 114 valence electrons. The SMILES string of the molecule is CCNCc1cccc(OC)c1OCC(O)COCC. The third kappa shape index (κ3) is 5.36. The lowest BCUT2D eigenvalue weighted by Crippen LogP contribution is -2.24. The van der Waals surface area contributed by atoms with Crippen molar-refractivity contribution in [2.45, 2.75) is 26.5 Å². The van der Waals surface area contributed by atoms with Crippen molar-refractivity contribution in [2.75, 3.05) is 33.5 Å². The van der Waals surface area contributed by atoms with Gasteiger partial charge >= 0.3 is 0 Å². The minimum atomic E-state index is -0.646. The maximum atomic E-state index is 9.77. The molecule has 0 saturated carbocycles. The van der Waals surface area contributed by atoms with Gasteiger partial charge in [0.25, 0.3) is 0 Å². The molecular weight excluding hydrogens is 258 g/mol. The van der Waals surface area contributed by atoms with Gasteiger partial charge in [-0.2, -0.15) is 0 Å². The second kappa shape index (κ2) is 9.58.